The molecule has 1 aliphatic rings. The molecule has 0 fully saturated rings. The molecule has 0 spiro atoms. The van der Waals surface area contributed by atoms with E-state index < -0.39 is 0 Å². The van der Waals surface area contributed by atoms with Gasteiger partial charge in [0, 0.05) is 37.5 Å². The summed E-state index contributed by atoms with van der Waals surface area (Å²) in [6.45, 7) is 3.86. The molecule has 2 heterocycles. The summed E-state index contributed by atoms with van der Waals surface area (Å²) < 4.78 is 0. The first-order valence-corrected chi connectivity index (χ1v) is 7.60. The van der Waals surface area contributed by atoms with Crippen LogP contribution in [0.25, 0.3) is 0 Å². The average Bonchev–Trinajstić information content (AvgIpc) is 2.88. The van der Waals surface area contributed by atoms with Gasteiger partial charge in [-0.15, -0.1) is 11.3 Å². The summed E-state index contributed by atoms with van der Waals surface area (Å²) in [6.07, 6.45) is 2.19. The quantitative estimate of drug-likeness (QED) is 0.928. The van der Waals surface area contributed by atoms with Gasteiger partial charge in [-0.25, -0.2) is 4.98 Å². The van der Waals surface area contributed by atoms with E-state index in [9.17, 15) is 0 Å². The van der Waals surface area contributed by atoms with Crippen molar-refractivity contribution < 1.29 is 0 Å². The highest BCUT2D eigenvalue weighted by atomic mass is 32.1. The van der Waals surface area contributed by atoms with Gasteiger partial charge in [0.05, 0.1) is 5.69 Å². The monoisotopic (exact) mass is 273 g/mol. The van der Waals surface area contributed by atoms with E-state index in [0.717, 1.165) is 37.5 Å². The minimum absolute atomic E-state index is 0.571. The predicted octanol–water partition coefficient (Wildman–Crippen LogP) is 2.20. The molecule has 0 aliphatic carbocycles. The molecule has 3 nitrogen and oxygen atoms in total. The summed E-state index contributed by atoms with van der Waals surface area (Å²) in [5.74, 6) is 0. The predicted molar refractivity (Wildman–Crippen MR) is 79.1 cm³/mol. The van der Waals surface area contributed by atoms with E-state index in [4.69, 9.17) is 5.73 Å². The lowest BCUT2D eigenvalue weighted by atomic mass is 10.1. The zero-order valence-corrected chi connectivity index (χ0v) is 11.8. The van der Waals surface area contributed by atoms with Gasteiger partial charge in [-0.05, 0) is 12.0 Å². The van der Waals surface area contributed by atoms with Gasteiger partial charge in [0.2, 0.25) is 0 Å². The second-order valence-corrected chi connectivity index (χ2v) is 6.11. The molecule has 0 saturated heterocycles. The van der Waals surface area contributed by atoms with E-state index in [0.29, 0.717) is 6.54 Å². The Morgan fingerprint density at radius 2 is 2.11 bits per heavy atom. The van der Waals surface area contributed by atoms with E-state index in [1.54, 1.807) is 11.3 Å². The number of fused-ring (bicyclic) bond motifs is 1. The molecule has 2 aromatic rings. The summed E-state index contributed by atoms with van der Waals surface area (Å²) in [5, 5.41) is 1.08. The first-order valence-electron chi connectivity index (χ1n) is 6.79. The van der Waals surface area contributed by atoms with Gasteiger partial charge >= 0.3 is 0 Å². The topological polar surface area (TPSA) is 42.1 Å². The Morgan fingerprint density at radius 1 is 1.26 bits per heavy atom. The molecule has 0 atom stereocenters. The molecule has 0 radical (unpaired) electrons. The summed E-state index contributed by atoms with van der Waals surface area (Å²) in [5.41, 5.74) is 8.36. The largest absolute Gasteiger partial charge is 0.325 e. The second kappa shape index (κ2) is 5.82. The highest BCUT2D eigenvalue weighted by Gasteiger charge is 2.19. The maximum absolute atomic E-state index is 5.67. The zero-order chi connectivity index (χ0) is 13.1. The van der Waals surface area contributed by atoms with Crippen molar-refractivity contribution >= 4 is 11.3 Å². The van der Waals surface area contributed by atoms with Crippen molar-refractivity contribution in [2.24, 2.45) is 5.73 Å². The van der Waals surface area contributed by atoms with Crippen molar-refractivity contribution in [1.29, 1.82) is 0 Å². The number of aromatic nitrogens is 1. The van der Waals surface area contributed by atoms with Crippen LogP contribution in [0.2, 0.25) is 0 Å². The molecule has 2 N–H and O–H groups in total. The lowest BCUT2D eigenvalue weighted by Gasteiger charge is -2.25. The molecule has 1 aromatic carbocycles. The molecule has 1 aromatic heterocycles. The number of hydrogen-bond acceptors (Lipinski definition) is 4. The van der Waals surface area contributed by atoms with Crippen molar-refractivity contribution in [3.63, 3.8) is 0 Å². The van der Waals surface area contributed by atoms with Crippen LogP contribution >= 0.6 is 11.3 Å². The van der Waals surface area contributed by atoms with Gasteiger partial charge in [0.25, 0.3) is 0 Å². The van der Waals surface area contributed by atoms with E-state index in [1.807, 2.05) is 0 Å². The van der Waals surface area contributed by atoms with Gasteiger partial charge in [-0.2, -0.15) is 0 Å². The maximum Gasteiger partial charge on any atom is 0.107 e. The lowest BCUT2D eigenvalue weighted by Crippen LogP contribution is -2.31. The molecule has 0 amide bonds. The Hall–Kier alpha value is -1.23. The standard InChI is InChI=1S/C15H19N3S/c16-10-15-17-13-7-9-18(11-14(13)19-15)8-6-12-4-2-1-3-5-12/h1-5H,6-11,16H2. The lowest BCUT2D eigenvalue weighted by molar-refractivity contribution is 0.259. The molecular weight excluding hydrogens is 254 g/mol. The van der Waals surface area contributed by atoms with Crippen molar-refractivity contribution in [2.45, 2.75) is 25.9 Å². The number of thiazole rings is 1. The van der Waals surface area contributed by atoms with E-state index >= 15 is 0 Å². The Bertz CT molecular complexity index is 536. The van der Waals surface area contributed by atoms with Crippen molar-refractivity contribution in [2.75, 3.05) is 13.1 Å². The Labute approximate surface area is 118 Å². The van der Waals surface area contributed by atoms with Crippen molar-refractivity contribution in [3.05, 3.63) is 51.5 Å². The number of nitrogens with two attached hydrogens (primary N) is 1. The fraction of sp³-hybridized carbons (Fsp3) is 0.400. The van der Waals surface area contributed by atoms with Gasteiger partial charge in [0.15, 0.2) is 0 Å². The molecule has 0 unspecified atom stereocenters. The molecule has 4 heteroatoms. The molecule has 0 bridgehead atoms. The summed E-state index contributed by atoms with van der Waals surface area (Å²) >= 11 is 1.78. The number of hydrogen-bond donors (Lipinski definition) is 1. The van der Waals surface area contributed by atoms with Crippen molar-refractivity contribution in [3.8, 4) is 0 Å². The third kappa shape index (κ3) is 3.03. The van der Waals surface area contributed by atoms with Gasteiger partial charge < -0.3 is 5.73 Å². The van der Waals surface area contributed by atoms with Gasteiger partial charge in [-0.1, -0.05) is 30.3 Å². The zero-order valence-electron chi connectivity index (χ0n) is 11.0. The summed E-state index contributed by atoms with van der Waals surface area (Å²) in [6, 6.07) is 10.7. The van der Waals surface area contributed by atoms with Crippen LogP contribution < -0.4 is 5.73 Å². The van der Waals surface area contributed by atoms with Gasteiger partial charge in [-0.3, -0.25) is 4.90 Å². The normalized spacial score (nSPS) is 15.4. The molecular formula is C15H19N3S. The van der Waals surface area contributed by atoms with Crippen LogP contribution in [0.3, 0.4) is 0 Å². The molecule has 100 valence electrons. The minimum atomic E-state index is 0.571. The fourth-order valence-corrected chi connectivity index (χ4v) is 3.55. The number of benzene rings is 1. The third-order valence-electron chi connectivity index (χ3n) is 3.59. The third-order valence-corrected chi connectivity index (χ3v) is 4.69. The van der Waals surface area contributed by atoms with E-state index in [-0.39, 0.29) is 0 Å². The highest BCUT2D eigenvalue weighted by Crippen LogP contribution is 2.24. The Balaban J connectivity index is 1.59. The second-order valence-electron chi connectivity index (χ2n) is 4.94. The number of nitrogens with zero attached hydrogens (tertiary/aromatic N) is 2. The van der Waals surface area contributed by atoms with Crippen LogP contribution in [0, 0.1) is 0 Å². The van der Waals surface area contributed by atoms with Crippen LogP contribution in [0.4, 0.5) is 0 Å². The van der Waals surface area contributed by atoms with Gasteiger partial charge in [0.1, 0.15) is 5.01 Å². The average molecular weight is 273 g/mol. The van der Waals surface area contributed by atoms with Crippen LogP contribution in [0.15, 0.2) is 30.3 Å². The van der Waals surface area contributed by atoms with Crippen LogP contribution in [0.1, 0.15) is 21.1 Å². The van der Waals surface area contributed by atoms with Crippen LogP contribution in [-0.4, -0.2) is 23.0 Å². The van der Waals surface area contributed by atoms with E-state index in [1.165, 1.54) is 16.1 Å². The Morgan fingerprint density at radius 3 is 2.89 bits per heavy atom. The first kappa shape index (κ1) is 12.8. The first-order chi connectivity index (χ1) is 9.35. The minimum Gasteiger partial charge on any atom is -0.325 e. The van der Waals surface area contributed by atoms with Crippen molar-refractivity contribution in [1.82, 2.24) is 9.88 Å². The smallest absolute Gasteiger partial charge is 0.107 e. The van der Waals surface area contributed by atoms with Crippen LogP contribution in [0.5, 0.6) is 0 Å². The SMILES string of the molecule is NCc1nc2c(s1)CN(CCc1ccccc1)CC2. The molecule has 3 rings (SSSR count). The maximum atomic E-state index is 5.67. The number of rotatable bonds is 4. The van der Waals surface area contributed by atoms with E-state index in [2.05, 4.69) is 40.2 Å². The summed E-state index contributed by atoms with van der Waals surface area (Å²) in [7, 11) is 0. The molecule has 1 aliphatic heterocycles. The molecule has 0 saturated carbocycles. The fourth-order valence-electron chi connectivity index (χ4n) is 2.51. The Kier molecular flexibility index (Phi) is 3.92. The molecule has 19 heavy (non-hydrogen) atoms. The summed E-state index contributed by atoms with van der Waals surface area (Å²) in [4.78, 5) is 8.53. The highest BCUT2D eigenvalue weighted by molar-refractivity contribution is 7.11. The van der Waals surface area contributed by atoms with Crippen LogP contribution in [-0.2, 0) is 25.9 Å².